The second-order valence-corrected chi connectivity index (χ2v) is 5.01. The monoisotopic (exact) mass is 221 g/mol. The van der Waals surface area contributed by atoms with Crippen molar-refractivity contribution in [2.75, 3.05) is 30.4 Å². The highest BCUT2D eigenvalue weighted by molar-refractivity contribution is 8.03. The topological polar surface area (TPSA) is 29.5 Å². The maximum Gasteiger partial charge on any atom is 0.322 e. The highest BCUT2D eigenvalue weighted by Crippen LogP contribution is 2.19. The lowest BCUT2D eigenvalue weighted by Gasteiger charge is -2.24. The molecule has 1 heterocycles. The predicted octanol–water partition coefficient (Wildman–Crippen LogP) is 1.24. The molecule has 0 N–H and O–H groups in total. The number of nitrogens with zero attached hydrogens (tertiary/aromatic N) is 1. The molecule has 0 aromatic heterocycles. The van der Waals surface area contributed by atoms with Crippen LogP contribution in [0.3, 0.4) is 0 Å². The minimum atomic E-state index is -0.136. The maximum absolute atomic E-state index is 11.2. The smallest absolute Gasteiger partial charge is 0.322 e. The number of carbonyl (C=O) groups excluding carboxylic acids is 1. The summed E-state index contributed by atoms with van der Waals surface area (Å²) in [7, 11) is 1.44. The molecular weight excluding hydrogens is 206 g/mol. The zero-order valence-corrected chi connectivity index (χ0v) is 9.62. The number of hydrogen-bond donors (Lipinski definition) is 0. The molecule has 0 bridgehead atoms. The van der Waals surface area contributed by atoms with Gasteiger partial charge in [0.2, 0.25) is 0 Å². The average Bonchev–Trinajstić information content (AvgIpc) is 2.43. The first-order valence-electron chi connectivity index (χ1n) is 4.23. The molecule has 76 valence electrons. The van der Waals surface area contributed by atoms with Crippen LogP contribution in [0.4, 0.5) is 0 Å². The Bertz CT molecular complexity index is 170. The van der Waals surface area contributed by atoms with Gasteiger partial charge in [0, 0.05) is 23.3 Å². The summed E-state index contributed by atoms with van der Waals surface area (Å²) in [5.41, 5.74) is 0. The van der Waals surface area contributed by atoms with Crippen LogP contribution in [-0.4, -0.2) is 47.3 Å². The fourth-order valence-corrected chi connectivity index (χ4v) is 3.48. The summed E-state index contributed by atoms with van der Waals surface area (Å²) in [5.74, 6) is 4.08. The number of rotatable bonds is 2. The second kappa shape index (κ2) is 5.78. The Balaban J connectivity index is 2.43. The number of esters is 1. The van der Waals surface area contributed by atoms with Gasteiger partial charge in [-0.3, -0.25) is 9.69 Å². The summed E-state index contributed by atoms with van der Waals surface area (Å²) in [6, 6.07) is -0.108. The molecule has 0 radical (unpaired) electrons. The van der Waals surface area contributed by atoms with E-state index < -0.39 is 0 Å². The minimum absolute atomic E-state index is 0.108. The van der Waals surface area contributed by atoms with Crippen molar-refractivity contribution in [2.24, 2.45) is 0 Å². The summed E-state index contributed by atoms with van der Waals surface area (Å²) in [6.07, 6.45) is 0. The lowest BCUT2D eigenvalue weighted by Crippen LogP contribution is -2.38. The van der Waals surface area contributed by atoms with Crippen LogP contribution in [-0.2, 0) is 9.53 Å². The third kappa shape index (κ3) is 3.40. The van der Waals surface area contributed by atoms with Crippen molar-refractivity contribution in [1.29, 1.82) is 0 Å². The van der Waals surface area contributed by atoms with Gasteiger partial charge in [-0.15, -0.1) is 23.5 Å². The van der Waals surface area contributed by atoms with Gasteiger partial charge < -0.3 is 4.74 Å². The molecule has 13 heavy (non-hydrogen) atoms. The molecule has 1 aliphatic rings. The molecular formula is C8H15NO2S2. The van der Waals surface area contributed by atoms with E-state index in [1.165, 1.54) is 18.6 Å². The van der Waals surface area contributed by atoms with Crippen LogP contribution >= 0.6 is 23.5 Å². The molecule has 0 aromatic carbocycles. The van der Waals surface area contributed by atoms with Crippen molar-refractivity contribution in [1.82, 2.24) is 4.90 Å². The summed E-state index contributed by atoms with van der Waals surface area (Å²) in [4.78, 5) is 13.4. The fraction of sp³-hybridized carbons (Fsp3) is 0.875. The lowest BCUT2D eigenvalue weighted by molar-refractivity contribution is -0.145. The molecule has 0 amide bonds. The van der Waals surface area contributed by atoms with E-state index in [9.17, 15) is 4.79 Å². The summed E-state index contributed by atoms with van der Waals surface area (Å²) in [5, 5.41) is 0. The van der Waals surface area contributed by atoms with Crippen molar-refractivity contribution in [3.05, 3.63) is 0 Å². The summed E-state index contributed by atoms with van der Waals surface area (Å²) >= 11 is 3.75. The van der Waals surface area contributed by atoms with Crippen LogP contribution < -0.4 is 0 Å². The van der Waals surface area contributed by atoms with Crippen LogP contribution in [0.25, 0.3) is 0 Å². The Morgan fingerprint density at radius 1 is 1.38 bits per heavy atom. The zero-order chi connectivity index (χ0) is 9.68. The highest BCUT2D eigenvalue weighted by Gasteiger charge is 2.22. The molecule has 1 fully saturated rings. The Morgan fingerprint density at radius 3 is 2.38 bits per heavy atom. The SMILES string of the molecule is COC(=O)C(C)N1CSCCSC1. The minimum Gasteiger partial charge on any atom is -0.468 e. The van der Waals surface area contributed by atoms with Crippen molar-refractivity contribution >= 4 is 29.5 Å². The van der Waals surface area contributed by atoms with Crippen LogP contribution in [0.2, 0.25) is 0 Å². The van der Waals surface area contributed by atoms with Gasteiger partial charge in [0.1, 0.15) is 6.04 Å². The van der Waals surface area contributed by atoms with E-state index in [0.717, 1.165) is 11.8 Å². The predicted molar refractivity (Wildman–Crippen MR) is 58.0 cm³/mol. The van der Waals surface area contributed by atoms with Crippen molar-refractivity contribution < 1.29 is 9.53 Å². The Morgan fingerprint density at radius 2 is 1.92 bits per heavy atom. The van der Waals surface area contributed by atoms with Gasteiger partial charge in [-0.1, -0.05) is 0 Å². The molecule has 0 spiro atoms. The Labute approximate surface area is 87.6 Å². The summed E-state index contributed by atoms with van der Waals surface area (Å²) in [6.45, 7) is 1.90. The van der Waals surface area contributed by atoms with Crippen LogP contribution in [0.5, 0.6) is 0 Å². The highest BCUT2D eigenvalue weighted by atomic mass is 32.2. The summed E-state index contributed by atoms with van der Waals surface area (Å²) < 4.78 is 4.71. The Kier molecular flexibility index (Phi) is 4.98. The fourth-order valence-electron chi connectivity index (χ4n) is 1.06. The van der Waals surface area contributed by atoms with Gasteiger partial charge >= 0.3 is 5.97 Å². The van der Waals surface area contributed by atoms with Gasteiger partial charge in [-0.05, 0) is 6.92 Å². The number of hydrogen-bond acceptors (Lipinski definition) is 5. The maximum atomic E-state index is 11.2. The molecule has 1 aliphatic heterocycles. The van der Waals surface area contributed by atoms with E-state index in [1.54, 1.807) is 0 Å². The van der Waals surface area contributed by atoms with Gasteiger partial charge in [-0.2, -0.15) is 0 Å². The van der Waals surface area contributed by atoms with E-state index >= 15 is 0 Å². The molecule has 1 unspecified atom stereocenters. The normalized spacial score (nSPS) is 22.0. The van der Waals surface area contributed by atoms with E-state index in [0.29, 0.717) is 0 Å². The van der Waals surface area contributed by atoms with Gasteiger partial charge in [0.05, 0.1) is 7.11 Å². The number of methoxy groups -OCH3 is 1. The van der Waals surface area contributed by atoms with Crippen molar-refractivity contribution in [3.63, 3.8) is 0 Å². The van der Waals surface area contributed by atoms with Crippen LogP contribution in [0.1, 0.15) is 6.92 Å². The second-order valence-electron chi connectivity index (χ2n) is 2.86. The number of ether oxygens (including phenoxy) is 1. The number of thioether (sulfide) groups is 2. The van der Waals surface area contributed by atoms with Crippen molar-refractivity contribution in [3.8, 4) is 0 Å². The first kappa shape index (κ1) is 11.2. The molecule has 0 saturated carbocycles. The third-order valence-corrected chi connectivity index (χ3v) is 4.25. The zero-order valence-electron chi connectivity index (χ0n) is 7.99. The molecule has 3 nitrogen and oxygen atoms in total. The quantitative estimate of drug-likeness (QED) is 0.655. The Hall–Kier alpha value is 0.130. The van der Waals surface area contributed by atoms with Crippen molar-refractivity contribution in [2.45, 2.75) is 13.0 Å². The van der Waals surface area contributed by atoms with Crippen LogP contribution in [0.15, 0.2) is 0 Å². The van der Waals surface area contributed by atoms with E-state index in [1.807, 2.05) is 30.4 Å². The average molecular weight is 221 g/mol. The molecule has 1 atom stereocenters. The van der Waals surface area contributed by atoms with Gasteiger partial charge in [0.25, 0.3) is 0 Å². The van der Waals surface area contributed by atoms with Crippen LogP contribution in [0, 0.1) is 0 Å². The van der Waals surface area contributed by atoms with Gasteiger partial charge in [0.15, 0.2) is 0 Å². The van der Waals surface area contributed by atoms with Gasteiger partial charge in [-0.25, -0.2) is 0 Å². The van der Waals surface area contributed by atoms with E-state index in [2.05, 4.69) is 4.90 Å². The first-order valence-corrected chi connectivity index (χ1v) is 6.54. The number of carbonyl (C=O) groups is 1. The molecule has 0 aromatic rings. The molecule has 1 rings (SSSR count). The third-order valence-electron chi connectivity index (χ3n) is 1.98. The van der Waals surface area contributed by atoms with E-state index in [4.69, 9.17) is 4.74 Å². The van der Waals surface area contributed by atoms with E-state index in [-0.39, 0.29) is 12.0 Å². The molecule has 5 heteroatoms. The standard InChI is InChI=1S/C8H15NO2S2/c1-7(8(10)11-2)9-5-12-3-4-13-6-9/h7H,3-6H2,1-2H3. The molecule has 1 saturated heterocycles. The largest absolute Gasteiger partial charge is 0.468 e. The lowest BCUT2D eigenvalue weighted by atomic mass is 10.3. The molecule has 0 aliphatic carbocycles. The first-order chi connectivity index (χ1) is 6.25.